The molecule has 1 aromatic rings. The minimum Gasteiger partial charge on any atom is -0.349 e. The van der Waals surface area contributed by atoms with E-state index in [-0.39, 0.29) is 17.8 Å². The summed E-state index contributed by atoms with van der Waals surface area (Å²) in [5.74, 6) is -0.213. The van der Waals surface area contributed by atoms with Crippen molar-refractivity contribution in [2.75, 3.05) is 0 Å². The van der Waals surface area contributed by atoms with Crippen LogP contribution < -0.4 is 5.32 Å². The van der Waals surface area contributed by atoms with Crippen molar-refractivity contribution in [1.29, 1.82) is 0 Å². The Morgan fingerprint density at radius 2 is 2.23 bits per heavy atom. The highest BCUT2D eigenvalue weighted by atomic mass is 19.1. The molecule has 0 bridgehead atoms. The Balaban J connectivity index is 2.29. The number of benzene rings is 1. The van der Waals surface area contributed by atoms with Crippen LogP contribution in [0.4, 0.5) is 4.39 Å². The number of nitrogens with one attached hydrogen (secondary N) is 1. The van der Waals surface area contributed by atoms with Gasteiger partial charge in [0.2, 0.25) is 5.91 Å². The van der Waals surface area contributed by atoms with E-state index in [1.165, 1.54) is 12.1 Å². The van der Waals surface area contributed by atoms with Crippen LogP contribution in [-0.4, -0.2) is 5.91 Å². The molecule has 1 fully saturated rings. The maximum atomic E-state index is 12.9. The van der Waals surface area contributed by atoms with Crippen LogP contribution in [0.5, 0.6) is 0 Å². The average molecular weight is 179 g/mol. The van der Waals surface area contributed by atoms with Crippen LogP contribution in [0, 0.1) is 12.7 Å². The van der Waals surface area contributed by atoms with Gasteiger partial charge in [-0.1, -0.05) is 6.07 Å². The zero-order chi connectivity index (χ0) is 9.42. The summed E-state index contributed by atoms with van der Waals surface area (Å²) in [7, 11) is 0. The number of rotatable bonds is 1. The number of carbonyl (C=O) groups excluding carboxylic acids is 1. The molecule has 0 aliphatic carbocycles. The Morgan fingerprint density at radius 1 is 1.54 bits per heavy atom. The van der Waals surface area contributed by atoms with E-state index in [0.29, 0.717) is 6.42 Å². The summed E-state index contributed by atoms with van der Waals surface area (Å²) in [4.78, 5) is 10.7. The number of hydrogen-bond acceptors (Lipinski definition) is 1. The Morgan fingerprint density at radius 3 is 2.85 bits per heavy atom. The summed E-state index contributed by atoms with van der Waals surface area (Å²) in [5.41, 5.74) is 1.91. The Kier molecular flexibility index (Phi) is 1.79. The van der Waals surface area contributed by atoms with Crippen LogP contribution in [0.1, 0.15) is 23.6 Å². The molecule has 1 aliphatic rings. The molecule has 13 heavy (non-hydrogen) atoms. The van der Waals surface area contributed by atoms with Gasteiger partial charge >= 0.3 is 0 Å². The van der Waals surface area contributed by atoms with Crippen LogP contribution in [0.2, 0.25) is 0 Å². The molecule has 68 valence electrons. The van der Waals surface area contributed by atoms with Crippen LogP contribution in [-0.2, 0) is 4.79 Å². The predicted molar refractivity (Wildman–Crippen MR) is 46.6 cm³/mol. The van der Waals surface area contributed by atoms with E-state index in [1.54, 1.807) is 6.07 Å². The third-order valence-electron chi connectivity index (χ3n) is 2.34. The smallest absolute Gasteiger partial charge is 0.222 e. The Labute approximate surface area is 75.8 Å². The number of carbonyl (C=O) groups is 1. The zero-order valence-electron chi connectivity index (χ0n) is 7.30. The fourth-order valence-corrected chi connectivity index (χ4v) is 1.53. The summed E-state index contributed by atoms with van der Waals surface area (Å²) in [6, 6.07) is 4.66. The quantitative estimate of drug-likeness (QED) is 0.653. The second kappa shape index (κ2) is 2.83. The lowest BCUT2D eigenvalue weighted by Crippen LogP contribution is -2.41. The summed E-state index contributed by atoms with van der Waals surface area (Å²) < 4.78 is 12.9. The van der Waals surface area contributed by atoms with Crippen molar-refractivity contribution in [3.05, 3.63) is 35.1 Å². The van der Waals surface area contributed by atoms with Crippen molar-refractivity contribution in [3.8, 4) is 0 Å². The fourth-order valence-electron chi connectivity index (χ4n) is 1.53. The summed E-state index contributed by atoms with van der Waals surface area (Å²) in [6.45, 7) is 1.92. The average Bonchev–Trinajstić information content (AvgIpc) is 2.04. The first-order valence-electron chi connectivity index (χ1n) is 4.22. The van der Waals surface area contributed by atoms with Crippen molar-refractivity contribution in [1.82, 2.24) is 5.32 Å². The molecule has 1 saturated heterocycles. The first kappa shape index (κ1) is 8.23. The summed E-state index contributed by atoms with van der Waals surface area (Å²) >= 11 is 0. The molecule has 3 heteroatoms. The molecule has 2 nitrogen and oxygen atoms in total. The molecule has 0 spiro atoms. The topological polar surface area (TPSA) is 29.1 Å². The van der Waals surface area contributed by atoms with Crippen molar-refractivity contribution >= 4 is 5.91 Å². The molecule has 2 rings (SSSR count). The summed E-state index contributed by atoms with van der Waals surface area (Å²) in [6.07, 6.45) is 0.476. The lowest BCUT2D eigenvalue weighted by molar-refractivity contribution is -0.128. The number of halogens is 1. The highest BCUT2D eigenvalue weighted by Gasteiger charge is 2.27. The van der Waals surface area contributed by atoms with Gasteiger partial charge in [0.25, 0.3) is 0 Å². The van der Waals surface area contributed by atoms with Gasteiger partial charge in [0, 0.05) is 0 Å². The van der Waals surface area contributed by atoms with Crippen LogP contribution in [0.25, 0.3) is 0 Å². The monoisotopic (exact) mass is 179 g/mol. The molecule has 1 unspecified atom stereocenters. The molecule has 1 heterocycles. The lowest BCUT2D eigenvalue weighted by Gasteiger charge is -2.28. The largest absolute Gasteiger partial charge is 0.349 e. The van der Waals surface area contributed by atoms with Crippen LogP contribution in [0.3, 0.4) is 0 Å². The molecule has 0 radical (unpaired) electrons. The van der Waals surface area contributed by atoms with Crippen LogP contribution >= 0.6 is 0 Å². The van der Waals surface area contributed by atoms with Gasteiger partial charge in [0.1, 0.15) is 5.82 Å². The molecule has 1 aliphatic heterocycles. The van der Waals surface area contributed by atoms with E-state index in [0.717, 1.165) is 11.1 Å². The molecular formula is C10H10FNO. The maximum Gasteiger partial charge on any atom is 0.222 e. The van der Waals surface area contributed by atoms with E-state index < -0.39 is 0 Å². The fraction of sp³-hybridized carbons (Fsp3) is 0.300. The molecule has 1 amide bonds. The van der Waals surface area contributed by atoms with Gasteiger partial charge in [0.15, 0.2) is 0 Å². The number of hydrogen-bond donors (Lipinski definition) is 1. The van der Waals surface area contributed by atoms with Gasteiger partial charge in [-0.05, 0) is 30.2 Å². The Hall–Kier alpha value is -1.38. The SMILES string of the molecule is Cc1ccc(F)cc1C1CC(=O)N1. The third kappa shape index (κ3) is 1.41. The molecule has 1 aromatic carbocycles. The van der Waals surface area contributed by atoms with Crippen molar-refractivity contribution in [3.63, 3.8) is 0 Å². The lowest BCUT2D eigenvalue weighted by atomic mass is 9.93. The zero-order valence-corrected chi connectivity index (χ0v) is 7.30. The highest BCUT2D eigenvalue weighted by molar-refractivity contribution is 5.83. The van der Waals surface area contributed by atoms with Gasteiger partial charge in [-0.15, -0.1) is 0 Å². The number of β-lactam (4-membered cyclic amide) rings is 1. The molecule has 0 aromatic heterocycles. The number of amides is 1. The molecule has 1 atom stereocenters. The van der Waals surface area contributed by atoms with E-state index >= 15 is 0 Å². The van der Waals surface area contributed by atoms with Gasteiger partial charge in [-0.3, -0.25) is 4.79 Å². The summed E-state index contributed by atoms with van der Waals surface area (Å²) in [5, 5.41) is 2.72. The van der Waals surface area contributed by atoms with E-state index in [4.69, 9.17) is 0 Å². The number of aryl methyl sites for hydroxylation is 1. The first-order chi connectivity index (χ1) is 6.16. The third-order valence-corrected chi connectivity index (χ3v) is 2.34. The standard InChI is InChI=1S/C10H10FNO/c1-6-2-3-7(11)4-8(6)9-5-10(13)12-9/h2-4,9H,5H2,1H3,(H,12,13). The van der Waals surface area contributed by atoms with Crippen molar-refractivity contribution in [2.24, 2.45) is 0 Å². The van der Waals surface area contributed by atoms with Crippen molar-refractivity contribution < 1.29 is 9.18 Å². The van der Waals surface area contributed by atoms with Crippen LogP contribution in [0.15, 0.2) is 18.2 Å². The van der Waals surface area contributed by atoms with E-state index in [1.807, 2.05) is 6.92 Å². The van der Waals surface area contributed by atoms with Gasteiger partial charge in [-0.2, -0.15) is 0 Å². The molecule has 1 N–H and O–H groups in total. The molecule has 0 saturated carbocycles. The van der Waals surface area contributed by atoms with E-state index in [2.05, 4.69) is 5.32 Å². The molecular weight excluding hydrogens is 169 g/mol. The van der Waals surface area contributed by atoms with Gasteiger partial charge in [-0.25, -0.2) is 4.39 Å². The normalized spacial score (nSPS) is 20.8. The van der Waals surface area contributed by atoms with E-state index in [9.17, 15) is 9.18 Å². The van der Waals surface area contributed by atoms with Crippen molar-refractivity contribution in [2.45, 2.75) is 19.4 Å². The second-order valence-corrected chi connectivity index (χ2v) is 3.33. The first-order valence-corrected chi connectivity index (χ1v) is 4.22. The van der Waals surface area contributed by atoms with Gasteiger partial charge in [0.05, 0.1) is 12.5 Å². The highest BCUT2D eigenvalue weighted by Crippen LogP contribution is 2.26. The maximum absolute atomic E-state index is 12.9. The minimum atomic E-state index is -0.248. The Bertz CT molecular complexity index is 354. The predicted octanol–water partition coefficient (Wildman–Crippen LogP) is 1.70. The second-order valence-electron chi connectivity index (χ2n) is 3.33. The van der Waals surface area contributed by atoms with Gasteiger partial charge < -0.3 is 5.32 Å². The minimum absolute atomic E-state index is 0.0169.